The second-order valence-electron chi connectivity index (χ2n) is 7.69. The molecular formula is C22H19I2N5O5. The summed E-state index contributed by atoms with van der Waals surface area (Å²) in [6.45, 7) is 3.81. The number of rotatable bonds is 7. The first-order chi connectivity index (χ1) is 16.2. The van der Waals surface area contributed by atoms with E-state index < -0.39 is 10.8 Å². The van der Waals surface area contributed by atoms with Crippen molar-refractivity contribution in [3.8, 4) is 5.75 Å². The van der Waals surface area contributed by atoms with Gasteiger partial charge in [-0.3, -0.25) is 29.9 Å². The molecule has 0 aliphatic heterocycles. The molecule has 0 bridgehead atoms. The molecule has 0 saturated carbocycles. The Morgan fingerprint density at radius 2 is 1.41 bits per heavy atom. The van der Waals surface area contributed by atoms with Gasteiger partial charge in [0.2, 0.25) is 0 Å². The summed E-state index contributed by atoms with van der Waals surface area (Å²) in [5, 5.41) is 21.8. The summed E-state index contributed by atoms with van der Waals surface area (Å²) in [7, 11) is 0. The molecule has 12 heteroatoms. The molecule has 0 atom stereocenters. The molecule has 0 radical (unpaired) electrons. The van der Waals surface area contributed by atoms with Crippen LogP contribution >= 0.6 is 45.2 Å². The molecule has 4 N–H and O–H groups in total. The maximum absolute atomic E-state index is 12.7. The maximum atomic E-state index is 12.7. The van der Waals surface area contributed by atoms with Crippen LogP contribution in [0.1, 0.15) is 39.6 Å². The Hall–Kier alpha value is -2.88. The van der Waals surface area contributed by atoms with Gasteiger partial charge in [0.1, 0.15) is 12.4 Å². The first-order valence-corrected chi connectivity index (χ1v) is 12.2. The Morgan fingerprint density at radius 3 is 1.82 bits per heavy atom. The van der Waals surface area contributed by atoms with Crippen molar-refractivity contribution in [1.29, 1.82) is 0 Å². The SMILES string of the molecule is Cc1[nH][nH]c(=O)c1C(c1cc(I)c(OCc2ccc([N+](=O)[O-])cc2)c(I)c1)c1c(C)[nH][nH]c1=O. The van der Waals surface area contributed by atoms with Crippen LogP contribution in [0, 0.1) is 31.1 Å². The third-order valence-corrected chi connectivity index (χ3v) is 7.09. The van der Waals surface area contributed by atoms with Crippen LogP contribution in [0.15, 0.2) is 46.0 Å². The molecular weight excluding hydrogens is 668 g/mol. The fourth-order valence-electron chi connectivity index (χ4n) is 3.84. The topological polar surface area (TPSA) is 150 Å². The number of nitro benzene ring substituents is 1. The van der Waals surface area contributed by atoms with Gasteiger partial charge in [0.25, 0.3) is 16.8 Å². The quantitative estimate of drug-likeness (QED) is 0.131. The smallest absolute Gasteiger partial charge is 0.269 e. The Labute approximate surface area is 219 Å². The second kappa shape index (κ2) is 9.77. The fourth-order valence-corrected chi connectivity index (χ4v) is 5.96. The number of benzene rings is 2. The second-order valence-corrected chi connectivity index (χ2v) is 10.0. The highest BCUT2D eigenvalue weighted by atomic mass is 127. The lowest BCUT2D eigenvalue weighted by molar-refractivity contribution is -0.384. The lowest BCUT2D eigenvalue weighted by Gasteiger charge is -2.19. The van der Waals surface area contributed by atoms with Crippen LogP contribution in [0.2, 0.25) is 0 Å². The van der Waals surface area contributed by atoms with E-state index in [1.165, 1.54) is 12.1 Å². The summed E-state index contributed by atoms with van der Waals surface area (Å²) in [5.74, 6) is 0.0669. The summed E-state index contributed by atoms with van der Waals surface area (Å²) in [6.07, 6.45) is 0. The van der Waals surface area contributed by atoms with Gasteiger partial charge in [0.15, 0.2) is 0 Å². The highest BCUT2D eigenvalue weighted by Gasteiger charge is 2.29. The summed E-state index contributed by atoms with van der Waals surface area (Å²) in [6, 6.07) is 9.99. The van der Waals surface area contributed by atoms with E-state index in [0.29, 0.717) is 28.3 Å². The number of halogens is 2. The average Bonchev–Trinajstić information content (AvgIpc) is 3.30. The number of non-ortho nitro benzene ring substituents is 1. The molecule has 0 amide bonds. The molecule has 0 unspecified atom stereocenters. The zero-order valence-electron chi connectivity index (χ0n) is 18.0. The van der Waals surface area contributed by atoms with Gasteiger partial charge in [-0.05, 0) is 94.4 Å². The molecule has 2 aromatic heterocycles. The van der Waals surface area contributed by atoms with E-state index in [0.717, 1.165) is 18.3 Å². The van der Waals surface area contributed by atoms with Gasteiger partial charge in [0.05, 0.1) is 23.2 Å². The first kappa shape index (κ1) is 24.3. The van der Waals surface area contributed by atoms with Crippen molar-refractivity contribution >= 4 is 50.9 Å². The van der Waals surface area contributed by atoms with Crippen LogP contribution < -0.4 is 15.9 Å². The van der Waals surface area contributed by atoms with Crippen molar-refractivity contribution in [3.63, 3.8) is 0 Å². The van der Waals surface area contributed by atoms with Gasteiger partial charge in [0, 0.05) is 29.4 Å². The predicted octanol–water partition coefficient (Wildman–Crippen LogP) is 4.21. The van der Waals surface area contributed by atoms with E-state index in [1.807, 2.05) is 12.1 Å². The number of nitro groups is 1. The number of aryl methyl sites for hydroxylation is 2. The van der Waals surface area contributed by atoms with E-state index in [9.17, 15) is 19.7 Å². The van der Waals surface area contributed by atoms with Crippen molar-refractivity contribution < 1.29 is 9.66 Å². The molecule has 2 heterocycles. The molecule has 0 aliphatic rings. The van der Waals surface area contributed by atoms with E-state index >= 15 is 0 Å². The van der Waals surface area contributed by atoms with E-state index in [-0.39, 0.29) is 23.4 Å². The molecule has 2 aromatic carbocycles. The number of aromatic amines is 4. The number of ether oxygens (including phenoxy) is 1. The van der Waals surface area contributed by atoms with Crippen molar-refractivity contribution in [2.24, 2.45) is 0 Å². The van der Waals surface area contributed by atoms with Crippen LogP contribution in [0.5, 0.6) is 5.75 Å². The first-order valence-electron chi connectivity index (χ1n) is 10.1. The van der Waals surface area contributed by atoms with Crippen LogP contribution in [0.4, 0.5) is 5.69 Å². The molecule has 34 heavy (non-hydrogen) atoms. The van der Waals surface area contributed by atoms with Gasteiger partial charge in [-0.15, -0.1) is 0 Å². The van der Waals surface area contributed by atoms with Gasteiger partial charge in [-0.25, -0.2) is 0 Å². The molecule has 176 valence electrons. The van der Waals surface area contributed by atoms with Crippen LogP contribution in [0.3, 0.4) is 0 Å². The molecule has 0 aliphatic carbocycles. The zero-order chi connectivity index (χ0) is 24.6. The predicted molar refractivity (Wildman–Crippen MR) is 143 cm³/mol. The van der Waals surface area contributed by atoms with Crippen LogP contribution in [0.25, 0.3) is 0 Å². The van der Waals surface area contributed by atoms with Gasteiger partial charge < -0.3 is 14.9 Å². The minimum atomic E-state index is -0.587. The molecule has 4 aromatic rings. The molecule has 10 nitrogen and oxygen atoms in total. The minimum absolute atomic E-state index is 0.0216. The number of H-pyrrole nitrogens is 4. The van der Waals surface area contributed by atoms with Crippen molar-refractivity contribution in [2.45, 2.75) is 26.4 Å². The molecule has 4 rings (SSSR count). The number of hydrogen-bond acceptors (Lipinski definition) is 5. The number of aromatic nitrogens is 4. The summed E-state index contributed by atoms with van der Waals surface area (Å²) < 4.78 is 7.64. The summed E-state index contributed by atoms with van der Waals surface area (Å²) >= 11 is 4.33. The summed E-state index contributed by atoms with van der Waals surface area (Å²) in [4.78, 5) is 35.7. The number of nitrogens with zero attached hydrogens (tertiary/aromatic N) is 1. The van der Waals surface area contributed by atoms with Crippen molar-refractivity contribution in [2.75, 3.05) is 0 Å². The summed E-state index contributed by atoms with van der Waals surface area (Å²) in [5.41, 5.74) is 3.27. The lowest BCUT2D eigenvalue weighted by Crippen LogP contribution is -2.20. The zero-order valence-corrected chi connectivity index (χ0v) is 22.3. The van der Waals surface area contributed by atoms with Gasteiger partial charge in [-0.2, -0.15) is 0 Å². The Kier molecular flexibility index (Phi) is 6.97. The van der Waals surface area contributed by atoms with Gasteiger partial charge >= 0.3 is 0 Å². The number of nitrogens with one attached hydrogen (secondary N) is 4. The Bertz CT molecular complexity index is 1410. The van der Waals surface area contributed by atoms with E-state index in [4.69, 9.17) is 4.74 Å². The van der Waals surface area contributed by atoms with Crippen molar-refractivity contribution in [1.82, 2.24) is 20.4 Å². The Morgan fingerprint density at radius 1 is 0.912 bits per heavy atom. The standard InChI is InChI=1S/C22H19I2N5O5/c1-10-17(21(30)27-25-10)19(18-11(2)26-28-22(18)31)13-7-15(23)20(16(24)8-13)34-9-12-3-5-14(6-4-12)29(32)33/h3-8,19H,9H2,1-2H3,(H2,25,27,30)(H2,26,28,31). The van der Waals surface area contributed by atoms with E-state index in [2.05, 4.69) is 65.6 Å². The highest BCUT2D eigenvalue weighted by Crippen LogP contribution is 2.37. The fraction of sp³-hybridized carbons (Fsp3) is 0.182. The monoisotopic (exact) mass is 687 g/mol. The largest absolute Gasteiger partial charge is 0.487 e. The maximum Gasteiger partial charge on any atom is 0.269 e. The van der Waals surface area contributed by atoms with Crippen LogP contribution in [-0.4, -0.2) is 25.3 Å². The highest BCUT2D eigenvalue weighted by molar-refractivity contribution is 14.1. The third kappa shape index (κ3) is 4.68. The third-order valence-electron chi connectivity index (χ3n) is 5.49. The van der Waals surface area contributed by atoms with Crippen molar-refractivity contribution in [3.05, 3.63) is 108 Å². The average molecular weight is 687 g/mol. The van der Waals surface area contributed by atoms with Gasteiger partial charge in [-0.1, -0.05) is 0 Å². The Balaban J connectivity index is 1.71. The molecule has 0 fully saturated rings. The van der Waals surface area contributed by atoms with Crippen LogP contribution in [-0.2, 0) is 6.61 Å². The molecule has 0 saturated heterocycles. The normalized spacial score (nSPS) is 11.2. The molecule has 0 spiro atoms. The minimum Gasteiger partial charge on any atom is -0.487 e. The lowest BCUT2D eigenvalue weighted by atomic mass is 9.85. The van der Waals surface area contributed by atoms with E-state index in [1.54, 1.807) is 26.0 Å². The number of hydrogen-bond donors (Lipinski definition) is 4.